The third-order valence-electron chi connectivity index (χ3n) is 3.50. The molecule has 0 aliphatic heterocycles. The number of benzene rings is 2. The molecule has 0 unspecified atom stereocenters. The summed E-state index contributed by atoms with van der Waals surface area (Å²) >= 11 is 11.5. The summed E-state index contributed by atoms with van der Waals surface area (Å²) in [4.78, 5) is 2.00. The number of hydrogen-bond acceptors (Lipinski definition) is 1. The topological polar surface area (TPSA) is 15.3 Å². The molecule has 0 radical (unpaired) electrons. The third kappa shape index (κ3) is 4.19. The SMILES string of the molecule is Cc1cccc(NC(=S)N(C)Cc2cccc(Cl)c2)c1C. The van der Waals surface area contributed by atoms with E-state index >= 15 is 0 Å². The lowest BCUT2D eigenvalue weighted by Gasteiger charge is -2.22. The van der Waals surface area contributed by atoms with Gasteiger partial charge in [-0.25, -0.2) is 0 Å². The van der Waals surface area contributed by atoms with Crippen LogP contribution in [0, 0.1) is 13.8 Å². The van der Waals surface area contributed by atoms with Crippen molar-refractivity contribution in [2.75, 3.05) is 12.4 Å². The Balaban J connectivity index is 2.04. The fourth-order valence-electron chi connectivity index (χ4n) is 2.08. The number of aryl methyl sites for hydroxylation is 1. The summed E-state index contributed by atoms with van der Waals surface area (Å²) in [6, 6.07) is 14.0. The molecule has 0 atom stereocenters. The molecule has 1 N–H and O–H groups in total. The molecule has 0 bridgehead atoms. The number of nitrogens with zero attached hydrogens (tertiary/aromatic N) is 1. The van der Waals surface area contributed by atoms with E-state index in [2.05, 4.69) is 25.2 Å². The Bertz CT molecular complexity index is 655. The third-order valence-corrected chi connectivity index (χ3v) is 4.15. The van der Waals surface area contributed by atoms with E-state index < -0.39 is 0 Å². The Morgan fingerprint density at radius 2 is 1.90 bits per heavy atom. The highest BCUT2D eigenvalue weighted by Gasteiger charge is 2.08. The number of rotatable bonds is 3. The average molecular weight is 319 g/mol. The second-order valence-electron chi connectivity index (χ2n) is 5.16. The Labute approximate surface area is 136 Å². The van der Waals surface area contributed by atoms with Crippen LogP contribution >= 0.6 is 23.8 Å². The van der Waals surface area contributed by atoms with Crippen molar-refractivity contribution in [3.05, 3.63) is 64.2 Å². The maximum atomic E-state index is 6.01. The lowest BCUT2D eigenvalue weighted by Crippen LogP contribution is -2.30. The molecule has 0 saturated heterocycles. The van der Waals surface area contributed by atoms with Crippen molar-refractivity contribution >= 4 is 34.6 Å². The molecular formula is C17H19ClN2S. The van der Waals surface area contributed by atoms with Crippen LogP contribution in [0.5, 0.6) is 0 Å². The van der Waals surface area contributed by atoms with Gasteiger partial charge in [-0.05, 0) is 61.0 Å². The maximum absolute atomic E-state index is 6.01. The van der Waals surface area contributed by atoms with E-state index in [0.29, 0.717) is 5.11 Å². The Kier molecular flexibility index (Phi) is 5.21. The number of anilines is 1. The van der Waals surface area contributed by atoms with Crippen molar-refractivity contribution in [1.29, 1.82) is 0 Å². The van der Waals surface area contributed by atoms with Gasteiger partial charge in [-0.15, -0.1) is 0 Å². The minimum absolute atomic E-state index is 0.698. The van der Waals surface area contributed by atoms with Gasteiger partial charge in [0.15, 0.2) is 5.11 Å². The van der Waals surface area contributed by atoms with Gasteiger partial charge in [-0.1, -0.05) is 35.9 Å². The van der Waals surface area contributed by atoms with Crippen LogP contribution in [-0.2, 0) is 6.54 Å². The second kappa shape index (κ2) is 6.92. The van der Waals surface area contributed by atoms with Gasteiger partial charge >= 0.3 is 0 Å². The average Bonchev–Trinajstić information content (AvgIpc) is 2.44. The van der Waals surface area contributed by atoms with Gasteiger partial charge in [-0.2, -0.15) is 0 Å². The number of thiocarbonyl (C=S) groups is 1. The molecule has 0 aromatic heterocycles. The zero-order valence-electron chi connectivity index (χ0n) is 12.5. The molecule has 0 spiro atoms. The van der Waals surface area contributed by atoms with Gasteiger partial charge in [0.1, 0.15) is 0 Å². The predicted octanol–water partition coefficient (Wildman–Crippen LogP) is 4.79. The first-order valence-corrected chi connectivity index (χ1v) is 7.59. The fraction of sp³-hybridized carbons (Fsp3) is 0.235. The summed E-state index contributed by atoms with van der Waals surface area (Å²) in [6.45, 7) is 4.91. The molecule has 0 aliphatic carbocycles. The van der Waals surface area contributed by atoms with Crippen LogP contribution < -0.4 is 5.32 Å². The Hall–Kier alpha value is -1.58. The van der Waals surface area contributed by atoms with Gasteiger partial charge < -0.3 is 10.2 Å². The smallest absolute Gasteiger partial charge is 0.173 e. The van der Waals surface area contributed by atoms with E-state index in [1.54, 1.807) is 0 Å². The van der Waals surface area contributed by atoms with Crippen LogP contribution in [0.3, 0.4) is 0 Å². The molecule has 4 heteroatoms. The fourth-order valence-corrected chi connectivity index (χ4v) is 2.47. The van der Waals surface area contributed by atoms with Gasteiger partial charge in [-0.3, -0.25) is 0 Å². The van der Waals surface area contributed by atoms with Gasteiger partial charge in [0.25, 0.3) is 0 Å². The zero-order chi connectivity index (χ0) is 15.4. The molecule has 21 heavy (non-hydrogen) atoms. The summed E-state index contributed by atoms with van der Waals surface area (Å²) < 4.78 is 0. The molecule has 2 aromatic carbocycles. The standard InChI is InChI=1S/C17H19ClN2S/c1-12-6-4-9-16(13(12)2)19-17(21)20(3)11-14-7-5-8-15(18)10-14/h4-10H,11H2,1-3H3,(H,19,21). The van der Waals surface area contributed by atoms with Crippen molar-refractivity contribution in [1.82, 2.24) is 4.90 Å². The molecule has 2 nitrogen and oxygen atoms in total. The summed E-state index contributed by atoms with van der Waals surface area (Å²) in [5, 5.41) is 4.75. The normalized spacial score (nSPS) is 10.3. The van der Waals surface area contributed by atoms with Gasteiger partial charge in [0.05, 0.1) is 0 Å². The van der Waals surface area contributed by atoms with Crippen molar-refractivity contribution in [2.45, 2.75) is 20.4 Å². The predicted molar refractivity (Wildman–Crippen MR) is 95.1 cm³/mol. The first kappa shape index (κ1) is 15.8. The highest BCUT2D eigenvalue weighted by molar-refractivity contribution is 7.80. The van der Waals surface area contributed by atoms with Crippen LogP contribution in [-0.4, -0.2) is 17.1 Å². The quantitative estimate of drug-likeness (QED) is 0.819. The summed E-state index contributed by atoms with van der Waals surface area (Å²) in [7, 11) is 1.97. The highest BCUT2D eigenvalue weighted by Crippen LogP contribution is 2.19. The van der Waals surface area contributed by atoms with E-state index in [1.807, 2.05) is 48.3 Å². The van der Waals surface area contributed by atoms with Crippen LogP contribution in [0.1, 0.15) is 16.7 Å². The lowest BCUT2D eigenvalue weighted by atomic mass is 10.1. The molecule has 2 rings (SSSR count). The molecule has 0 aliphatic rings. The molecule has 2 aromatic rings. The van der Waals surface area contributed by atoms with Crippen LogP contribution in [0.15, 0.2) is 42.5 Å². The lowest BCUT2D eigenvalue weighted by molar-refractivity contribution is 0.508. The molecule has 0 amide bonds. The second-order valence-corrected chi connectivity index (χ2v) is 5.99. The van der Waals surface area contributed by atoms with Crippen molar-refractivity contribution in [3.63, 3.8) is 0 Å². The van der Waals surface area contributed by atoms with E-state index in [9.17, 15) is 0 Å². The summed E-state index contributed by atoms with van der Waals surface area (Å²) in [5.74, 6) is 0. The molecule has 110 valence electrons. The zero-order valence-corrected chi connectivity index (χ0v) is 14.1. The Morgan fingerprint density at radius 1 is 1.19 bits per heavy atom. The number of hydrogen-bond donors (Lipinski definition) is 1. The van der Waals surface area contributed by atoms with Gasteiger partial charge in [0.2, 0.25) is 0 Å². The first-order chi connectivity index (χ1) is 9.97. The summed E-state index contributed by atoms with van der Waals surface area (Å²) in [6.07, 6.45) is 0. The largest absolute Gasteiger partial charge is 0.348 e. The van der Waals surface area contributed by atoms with Crippen LogP contribution in [0.4, 0.5) is 5.69 Å². The van der Waals surface area contributed by atoms with Gasteiger partial charge in [0, 0.05) is 24.3 Å². The van der Waals surface area contributed by atoms with Crippen molar-refractivity contribution < 1.29 is 0 Å². The minimum atomic E-state index is 0.698. The molecular weight excluding hydrogens is 300 g/mol. The highest BCUT2D eigenvalue weighted by atomic mass is 35.5. The first-order valence-electron chi connectivity index (χ1n) is 6.80. The molecule has 0 saturated carbocycles. The van der Waals surface area contributed by atoms with E-state index in [0.717, 1.165) is 22.8 Å². The maximum Gasteiger partial charge on any atom is 0.173 e. The van der Waals surface area contributed by atoms with Crippen LogP contribution in [0.2, 0.25) is 5.02 Å². The molecule has 0 heterocycles. The number of halogens is 1. The van der Waals surface area contributed by atoms with E-state index in [4.69, 9.17) is 23.8 Å². The summed E-state index contributed by atoms with van der Waals surface area (Å²) in [5.41, 5.74) is 4.66. The van der Waals surface area contributed by atoms with E-state index in [-0.39, 0.29) is 0 Å². The van der Waals surface area contributed by atoms with Crippen molar-refractivity contribution in [2.24, 2.45) is 0 Å². The van der Waals surface area contributed by atoms with Crippen LogP contribution in [0.25, 0.3) is 0 Å². The monoisotopic (exact) mass is 318 g/mol. The Morgan fingerprint density at radius 3 is 2.62 bits per heavy atom. The minimum Gasteiger partial charge on any atom is -0.348 e. The number of nitrogens with one attached hydrogen (secondary N) is 1. The van der Waals surface area contributed by atoms with Crippen molar-refractivity contribution in [3.8, 4) is 0 Å². The molecule has 0 fully saturated rings. The van der Waals surface area contributed by atoms with E-state index in [1.165, 1.54) is 11.1 Å².